The number of hydrogen-bond acceptors (Lipinski definition) is 6. The second-order valence-corrected chi connectivity index (χ2v) is 6.62. The predicted octanol–water partition coefficient (Wildman–Crippen LogP) is 4.11. The lowest BCUT2D eigenvalue weighted by Gasteiger charge is -2.14. The van der Waals surface area contributed by atoms with Gasteiger partial charge in [-0.3, -0.25) is 15.6 Å². The van der Waals surface area contributed by atoms with E-state index in [1.54, 1.807) is 30.3 Å². The van der Waals surface area contributed by atoms with Gasteiger partial charge in [0, 0.05) is 4.47 Å². The first kappa shape index (κ1) is 18.9. The summed E-state index contributed by atoms with van der Waals surface area (Å²) in [4.78, 5) is 20.2. The number of hydrazine groups is 1. The molecule has 0 spiro atoms. The van der Waals surface area contributed by atoms with Crippen molar-refractivity contribution in [2.45, 2.75) is 0 Å². The number of benzene rings is 2. The van der Waals surface area contributed by atoms with Gasteiger partial charge in [0.15, 0.2) is 11.6 Å². The van der Waals surface area contributed by atoms with Crippen molar-refractivity contribution >= 4 is 56.4 Å². The van der Waals surface area contributed by atoms with Crippen LogP contribution in [0.25, 0.3) is 0 Å². The van der Waals surface area contributed by atoms with E-state index >= 15 is 0 Å². The molecule has 3 rings (SSSR count). The van der Waals surface area contributed by atoms with Gasteiger partial charge in [-0.2, -0.15) is 0 Å². The molecule has 138 valence electrons. The van der Waals surface area contributed by atoms with Gasteiger partial charge >= 0.3 is 0 Å². The lowest BCUT2D eigenvalue weighted by atomic mass is 10.2. The molecule has 3 aromatic rings. The Bertz CT molecular complexity index is 1000. The zero-order valence-corrected chi connectivity index (χ0v) is 16.0. The summed E-state index contributed by atoms with van der Waals surface area (Å²) < 4.78 is 14.6. The minimum atomic E-state index is -0.482. The maximum Gasteiger partial charge on any atom is 0.271 e. The Hall–Kier alpha value is -2.91. The molecule has 5 N–H and O–H groups in total. The average molecular weight is 452 g/mol. The molecule has 0 saturated heterocycles. The molecule has 0 unspecified atom stereocenters. The number of anilines is 4. The Morgan fingerprint density at radius 3 is 2.63 bits per heavy atom. The second-order valence-electron chi connectivity index (χ2n) is 5.29. The van der Waals surface area contributed by atoms with Crippen LogP contribution in [0.4, 0.5) is 27.4 Å². The number of nitrogens with one attached hydrogen (secondary N) is 3. The van der Waals surface area contributed by atoms with E-state index in [4.69, 9.17) is 17.3 Å². The zero-order valence-electron chi connectivity index (χ0n) is 13.6. The summed E-state index contributed by atoms with van der Waals surface area (Å²) >= 11 is 9.17. The Kier molecular flexibility index (Phi) is 5.72. The number of rotatable bonds is 5. The summed E-state index contributed by atoms with van der Waals surface area (Å²) in [5, 5.41) is 3.10. The van der Waals surface area contributed by atoms with E-state index < -0.39 is 11.7 Å². The molecule has 0 aliphatic heterocycles. The van der Waals surface area contributed by atoms with Crippen LogP contribution < -0.4 is 21.9 Å². The minimum Gasteiger partial charge on any atom is -0.393 e. The highest BCUT2D eigenvalue weighted by molar-refractivity contribution is 9.10. The van der Waals surface area contributed by atoms with Gasteiger partial charge in [0.25, 0.3) is 5.91 Å². The minimum absolute atomic E-state index is 0.0966. The van der Waals surface area contributed by atoms with Crippen molar-refractivity contribution in [3.05, 3.63) is 69.7 Å². The molecule has 0 atom stereocenters. The standard InChI is InChI=1S/C17H13BrClFN6O/c18-9-5-6-13(12(20)7-9)24-15-14(21)16(23-8-22-15)25-26-17(27)10-3-1-2-4-11(10)19/h1-8H,21H2,(H,26,27)(H2,22,23,24,25). The SMILES string of the molecule is Nc1c(NNC(=O)c2ccccc2Cl)ncnc1Nc1ccc(Br)cc1F. The third kappa shape index (κ3) is 4.44. The van der Waals surface area contributed by atoms with Crippen LogP contribution in [-0.4, -0.2) is 15.9 Å². The molecule has 7 nitrogen and oxygen atoms in total. The normalized spacial score (nSPS) is 10.3. The molecule has 0 fully saturated rings. The number of carbonyl (C=O) groups excluding carboxylic acids is 1. The van der Waals surface area contributed by atoms with E-state index in [9.17, 15) is 9.18 Å². The molecule has 0 aliphatic rings. The van der Waals surface area contributed by atoms with Crippen LogP contribution in [0.3, 0.4) is 0 Å². The molecule has 0 saturated carbocycles. The van der Waals surface area contributed by atoms with Crippen LogP contribution in [0.1, 0.15) is 10.4 Å². The molecule has 0 radical (unpaired) electrons. The van der Waals surface area contributed by atoms with Gasteiger partial charge in [0.05, 0.1) is 16.3 Å². The van der Waals surface area contributed by atoms with Crippen molar-refractivity contribution in [3.63, 3.8) is 0 Å². The largest absolute Gasteiger partial charge is 0.393 e. The van der Waals surface area contributed by atoms with Crippen molar-refractivity contribution in [2.24, 2.45) is 0 Å². The third-order valence-corrected chi connectivity index (χ3v) is 4.30. The number of carbonyl (C=O) groups is 1. The fourth-order valence-corrected chi connectivity index (χ4v) is 2.70. The van der Waals surface area contributed by atoms with Crippen molar-refractivity contribution in [1.29, 1.82) is 0 Å². The highest BCUT2D eigenvalue weighted by atomic mass is 79.9. The molecule has 2 aromatic carbocycles. The number of nitrogens with two attached hydrogens (primary N) is 1. The van der Waals surface area contributed by atoms with E-state index in [0.29, 0.717) is 9.50 Å². The van der Waals surface area contributed by atoms with Gasteiger partial charge in [0.2, 0.25) is 0 Å². The molecule has 10 heteroatoms. The fourth-order valence-electron chi connectivity index (χ4n) is 2.14. The maximum absolute atomic E-state index is 14.0. The first-order valence-electron chi connectivity index (χ1n) is 7.59. The molecule has 0 aliphatic carbocycles. The van der Waals surface area contributed by atoms with Gasteiger partial charge in [-0.25, -0.2) is 14.4 Å². The molecule has 1 amide bonds. The first-order chi connectivity index (χ1) is 13.0. The zero-order chi connectivity index (χ0) is 19.4. The van der Waals surface area contributed by atoms with Crippen molar-refractivity contribution in [1.82, 2.24) is 15.4 Å². The van der Waals surface area contributed by atoms with Crippen molar-refractivity contribution < 1.29 is 9.18 Å². The number of halogens is 3. The van der Waals surface area contributed by atoms with E-state index in [1.807, 2.05) is 0 Å². The number of hydrogen-bond donors (Lipinski definition) is 4. The van der Waals surface area contributed by atoms with Crippen LogP contribution in [0.5, 0.6) is 0 Å². The van der Waals surface area contributed by atoms with Crippen LogP contribution in [-0.2, 0) is 0 Å². The lowest BCUT2D eigenvalue weighted by molar-refractivity contribution is 0.0962. The number of amides is 1. The summed E-state index contributed by atoms with van der Waals surface area (Å²) in [5.41, 5.74) is 11.6. The van der Waals surface area contributed by atoms with E-state index in [1.165, 1.54) is 18.5 Å². The highest BCUT2D eigenvalue weighted by Crippen LogP contribution is 2.28. The topological polar surface area (TPSA) is 105 Å². The Morgan fingerprint density at radius 1 is 1.15 bits per heavy atom. The fraction of sp³-hybridized carbons (Fsp3) is 0. The van der Waals surface area contributed by atoms with Crippen LogP contribution in [0.2, 0.25) is 5.02 Å². The van der Waals surface area contributed by atoms with Crippen LogP contribution in [0.15, 0.2) is 53.3 Å². The van der Waals surface area contributed by atoms with E-state index in [0.717, 1.165) is 0 Å². The molecule has 0 bridgehead atoms. The van der Waals surface area contributed by atoms with Gasteiger partial charge in [0.1, 0.15) is 17.8 Å². The third-order valence-electron chi connectivity index (χ3n) is 3.48. The quantitative estimate of drug-likeness (QED) is 0.435. The highest BCUT2D eigenvalue weighted by Gasteiger charge is 2.13. The molecular formula is C17H13BrClFN6O. The van der Waals surface area contributed by atoms with Crippen molar-refractivity contribution in [3.8, 4) is 0 Å². The van der Waals surface area contributed by atoms with E-state index in [-0.39, 0.29) is 28.6 Å². The number of aromatic nitrogens is 2. The molecule has 1 heterocycles. The first-order valence-corrected chi connectivity index (χ1v) is 8.76. The maximum atomic E-state index is 14.0. The van der Waals surface area contributed by atoms with Gasteiger partial charge in [-0.1, -0.05) is 39.7 Å². The Labute approximate surface area is 167 Å². The monoisotopic (exact) mass is 450 g/mol. The van der Waals surface area contributed by atoms with E-state index in [2.05, 4.69) is 42.1 Å². The summed E-state index contributed by atoms with van der Waals surface area (Å²) in [6, 6.07) is 11.1. The van der Waals surface area contributed by atoms with Gasteiger partial charge in [-0.05, 0) is 30.3 Å². The lowest BCUT2D eigenvalue weighted by Crippen LogP contribution is -2.30. The van der Waals surface area contributed by atoms with Gasteiger partial charge in [-0.15, -0.1) is 0 Å². The number of nitrogen functional groups attached to an aromatic ring is 1. The summed E-state index contributed by atoms with van der Waals surface area (Å²) in [6.07, 6.45) is 1.22. The average Bonchev–Trinajstić information content (AvgIpc) is 2.64. The van der Waals surface area contributed by atoms with Gasteiger partial charge < -0.3 is 11.1 Å². The van der Waals surface area contributed by atoms with Crippen molar-refractivity contribution in [2.75, 3.05) is 16.5 Å². The Morgan fingerprint density at radius 2 is 1.89 bits per heavy atom. The smallest absolute Gasteiger partial charge is 0.271 e. The summed E-state index contributed by atoms with van der Waals surface area (Å²) in [5.74, 6) is -0.623. The Balaban J connectivity index is 1.75. The predicted molar refractivity (Wildman–Crippen MR) is 106 cm³/mol. The summed E-state index contributed by atoms with van der Waals surface area (Å²) in [6.45, 7) is 0. The molecular weight excluding hydrogens is 439 g/mol. The molecule has 27 heavy (non-hydrogen) atoms. The second kappa shape index (κ2) is 8.19. The summed E-state index contributed by atoms with van der Waals surface area (Å²) in [7, 11) is 0. The van der Waals surface area contributed by atoms with Crippen LogP contribution in [0, 0.1) is 5.82 Å². The van der Waals surface area contributed by atoms with Crippen LogP contribution >= 0.6 is 27.5 Å². The molecule has 1 aromatic heterocycles. The number of nitrogens with zero attached hydrogens (tertiary/aromatic N) is 2.